The number of aromatic nitrogens is 1. The van der Waals surface area contributed by atoms with Crippen molar-refractivity contribution < 1.29 is 0 Å². The number of anilines is 1. The molecule has 1 aromatic carbocycles. The highest BCUT2D eigenvalue weighted by atomic mass is 14.8. The van der Waals surface area contributed by atoms with Crippen molar-refractivity contribution in [2.45, 2.75) is 26.2 Å². The highest BCUT2D eigenvalue weighted by molar-refractivity contribution is 5.91. The molecule has 0 aliphatic rings. The van der Waals surface area contributed by atoms with E-state index in [1.54, 1.807) is 0 Å². The normalized spacial score (nSPS) is 11.8. The summed E-state index contributed by atoms with van der Waals surface area (Å²) in [6.45, 7) is 6.55. The maximum absolute atomic E-state index is 4.72. The van der Waals surface area contributed by atoms with Crippen LogP contribution in [0.4, 0.5) is 5.69 Å². The monoisotopic (exact) mass is 214 g/mol. The van der Waals surface area contributed by atoms with Gasteiger partial charge in [-0.1, -0.05) is 39.0 Å². The predicted molar refractivity (Wildman–Crippen MR) is 70.0 cm³/mol. The smallest absolute Gasteiger partial charge is 0.0726 e. The zero-order valence-electron chi connectivity index (χ0n) is 10.3. The van der Waals surface area contributed by atoms with Crippen molar-refractivity contribution in [1.82, 2.24) is 4.98 Å². The number of benzene rings is 1. The minimum atomic E-state index is 0.0790. The molecule has 2 aromatic rings. The van der Waals surface area contributed by atoms with Gasteiger partial charge in [-0.3, -0.25) is 4.98 Å². The van der Waals surface area contributed by atoms with Crippen molar-refractivity contribution in [3.63, 3.8) is 0 Å². The molecule has 0 spiro atoms. The Balaban J connectivity index is 2.73. The molecular formula is C14H18N2. The quantitative estimate of drug-likeness (QED) is 0.785. The molecule has 0 aliphatic carbocycles. The number of hydrogen-bond donors (Lipinski definition) is 1. The molecule has 1 heterocycles. The van der Waals surface area contributed by atoms with Gasteiger partial charge in [0.25, 0.3) is 0 Å². The Morgan fingerprint density at radius 3 is 2.44 bits per heavy atom. The van der Waals surface area contributed by atoms with Crippen LogP contribution in [0, 0.1) is 0 Å². The van der Waals surface area contributed by atoms with Gasteiger partial charge in [-0.15, -0.1) is 0 Å². The molecule has 0 saturated carbocycles. The van der Waals surface area contributed by atoms with Crippen LogP contribution >= 0.6 is 0 Å². The minimum Gasteiger partial charge on any atom is -0.388 e. The van der Waals surface area contributed by atoms with E-state index < -0.39 is 0 Å². The van der Waals surface area contributed by atoms with Crippen molar-refractivity contribution >= 4 is 16.6 Å². The Hall–Kier alpha value is -1.57. The summed E-state index contributed by atoms with van der Waals surface area (Å²) in [5.41, 5.74) is 3.40. The fraction of sp³-hybridized carbons (Fsp3) is 0.357. The maximum atomic E-state index is 4.72. The van der Waals surface area contributed by atoms with Crippen molar-refractivity contribution in [3.8, 4) is 0 Å². The number of nitrogens with zero attached hydrogens (tertiary/aromatic N) is 1. The lowest BCUT2D eigenvalue weighted by Gasteiger charge is -2.19. The third kappa shape index (κ3) is 1.87. The van der Waals surface area contributed by atoms with E-state index in [9.17, 15) is 0 Å². The Kier molecular flexibility index (Phi) is 2.58. The third-order valence-electron chi connectivity index (χ3n) is 2.75. The van der Waals surface area contributed by atoms with E-state index in [1.807, 2.05) is 19.2 Å². The van der Waals surface area contributed by atoms with Crippen LogP contribution < -0.4 is 5.32 Å². The van der Waals surface area contributed by atoms with Gasteiger partial charge in [0.05, 0.1) is 5.52 Å². The Bertz CT molecular complexity index is 510. The number of hydrogen-bond acceptors (Lipinski definition) is 2. The van der Waals surface area contributed by atoms with Gasteiger partial charge in [0.2, 0.25) is 0 Å². The SMILES string of the molecule is CNc1cc(C(C)(C)C)nc2ccccc12. The zero-order chi connectivity index (χ0) is 11.8. The van der Waals surface area contributed by atoms with Gasteiger partial charge in [-0.25, -0.2) is 0 Å². The zero-order valence-corrected chi connectivity index (χ0v) is 10.3. The van der Waals surface area contributed by atoms with Crippen LogP contribution in [-0.4, -0.2) is 12.0 Å². The van der Waals surface area contributed by atoms with Gasteiger partial charge in [0, 0.05) is 29.2 Å². The number of fused-ring (bicyclic) bond motifs is 1. The molecule has 0 amide bonds. The van der Waals surface area contributed by atoms with E-state index in [2.05, 4.69) is 44.3 Å². The largest absolute Gasteiger partial charge is 0.388 e. The molecule has 1 N–H and O–H groups in total. The van der Waals surface area contributed by atoms with Gasteiger partial charge in [0.15, 0.2) is 0 Å². The third-order valence-corrected chi connectivity index (χ3v) is 2.75. The first-order valence-electron chi connectivity index (χ1n) is 5.60. The topological polar surface area (TPSA) is 24.9 Å². The second-order valence-corrected chi connectivity index (χ2v) is 5.07. The average molecular weight is 214 g/mol. The van der Waals surface area contributed by atoms with Crippen LogP contribution in [-0.2, 0) is 5.41 Å². The van der Waals surface area contributed by atoms with Crippen LogP contribution in [0.1, 0.15) is 26.5 Å². The molecule has 0 aliphatic heterocycles. The van der Waals surface area contributed by atoms with Gasteiger partial charge in [-0.05, 0) is 12.1 Å². The lowest BCUT2D eigenvalue weighted by molar-refractivity contribution is 0.572. The van der Waals surface area contributed by atoms with Gasteiger partial charge >= 0.3 is 0 Å². The molecule has 0 atom stereocenters. The number of pyridine rings is 1. The summed E-state index contributed by atoms with van der Waals surface area (Å²) in [4.78, 5) is 4.72. The van der Waals surface area contributed by atoms with Crippen LogP contribution in [0.5, 0.6) is 0 Å². The fourth-order valence-corrected chi connectivity index (χ4v) is 1.77. The van der Waals surface area contributed by atoms with E-state index in [4.69, 9.17) is 4.98 Å². The second kappa shape index (κ2) is 3.78. The standard InChI is InChI=1S/C14H18N2/c1-14(2,3)13-9-12(15-4)10-7-5-6-8-11(10)16-13/h5-9H,1-4H3,(H,15,16). The Morgan fingerprint density at radius 2 is 1.81 bits per heavy atom. The second-order valence-electron chi connectivity index (χ2n) is 5.07. The van der Waals surface area contributed by atoms with Gasteiger partial charge in [-0.2, -0.15) is 0 Å². The van der Waals surface area contributed by atoms with Crippen molar-refractivity contribution in [3.05, 3.63) is 36.0 Å². The minimum absolute atomic E-state index is 0.0790. The Morgan fingerprint density at radius 1 is 1.12 bits per heavy atom. The molecule has 2 rings (SSSR count). The predicted octanol–water partition coefficient (Wildman–Crippen LogP) is 3.57. The summed E-state index contributed by atoms with van der Waals surface area (Å²) in [7, 11) is 1.95. The molecule has 16 heavy (non-hydrogen) atoms. The van der Waals surface area contributed by atoms with E-state index >= 15 is 0 Å². The molecule has 0 unspecified atom stereocenters. The van der Waals surface area contributed by atoms with Crippen molar-refractivity contribution in [1.29, 1.82) is 0 Å². The Labute approximate surface area is 96.7 Å². The molecule has 0 fully saturated rings. The summed E-state index contributed by atoms with van der Waals surface area (Å²) in [6.07, 6.45) is 0. The average Bonchev–Trinajstić information content (AvgIpc) is 2.26. The molecular weight excluding hydrogens is 196 g/mol. The molecule has 1 aromatic heterocycles. The van der Waals surface area contributed by atoms with Gasteiger partial charge in [0.1, 0.15) is 0 Å². The summed E-state index contributed by atoms with van der Waals surface area (Å²) < 4.78 is 0. The highest BCUT2D eigenvalue weighted by Crippen LogP contribution is 2.28. The number of rotatable bonds is 1. The molecule has 0 saturated heterocycles. The first-order valence-corrected chi connectivity index (χ1v) is 5.60. The number of nitrogens with one attached hydrogen (secondary N) is 1. The summed E-state index contributed by atoms with van der Waals surface area (Å²) in [5.74, 6) is 0. The van der Waals surface area contributed by atoms with Crippen LogP contribution in [0.25, 0.3) is 10.9 Å². The maximum Gasteiger partial charge on any atom is 0.0726 e. The van der Waals surface area contributed by atoms with Crippen LogP contribution in [0.15, 0.2) is 30.3 Å². The molecule has 0 radical (unpaired) electrons. The van der Waals surface area contributed by atoms with E-state index in [0.717, 1.165) is 16.9 Å². The lowest BCUT2D eigenvalue weighted by Crippen LogP contribution is -2.14. The van der Waals surface area contributed by atoms with E-state index in [-0.39, 0.29) is 5.41 Å². The first-order chi connectivity index (χ1) is 7.52. The first kappa shape index (κ1) is 10.9. The molecule has 0 bridgehead atoms. The molecule has 2 nitrogen and oxygen atoms in total. The molecule has 2 heteroatoms. The van der Waals surface area contributed by atoms with E-state index in [0.29, 0.717) is 0 Å². The van der Waals surface area contributed by atoms with Crippen LogP contribution in [0.2, 0.25) is 0 Å². The fourth-order valence-electron chi connectivity index (χ4n) is 1.77. The summed E-state index contributed by atoms with van der Waals surface area (Å²) in [6, 6.07) is 10.4. The van der Waals surface area contributed by atoms with Crippen molar-refractivity contribution in [2.24, 2.45) is 0 Å². The number of para-hydroxylation sites is 1. The highest BCUT2D eigenvalue weighted by Gasteiger charge is 2.17. The van der Waals surface area contributed by atoms with E-state index in [1.165, 1.54) is 5.39 Å². The molecule has 84 valence electrons. The summed E-state index contributed by atoms with van der Waals surface area (Å²) >= 11 is 0. The van der Waals surface area contributed by atoms with Crippen molar-refractivity contribution in [2.75, 3.05) is 12.4 Å². The summed E-state index contributed by atoms with van der Waals surface area (Å²) in [5, 5.41) is 4.42. The van der Waals surface area contributed by atoms with Crippen LogP contribution in [0.3, 0.4) is 0 Å². The lowest BCUT2D eigenvalue weighted by atomic mass is 9.91. The van der Waals surface area contributed by atoms with Gasteiger partial charge < -0.3 is 5.32 Å².